The molecule has 2 heterocycles. The van der Waals surface area contributed by atoms with Crippen LogP contribution in [0.2, 0.25) is 0 Å². The van der Waals surface area contributed by atoms with E-state index in [0.717, 1.165) is 42.4 Å². The van der Waals surface area contributed by atoms with Gasteiger partial charge < -0.3 is 0 Å². The Balaban J connectivity index is 1.40. The van der Waals surface area contributed by atoms with Gasteiger partial charge in [0.2, 0.25) is 0 Å². The van der Waals surface area contributed by atoms with Crippen LogP contribution in [0.5, 0.6) is 0 Å². The van der Waals surface area contributed by atoms with E-state index in [2.05, 4.69) is 33.3 Å². The van der Waals surface area contributed by atoms with E-state index in [4.69, 9.17) is 0 Å². The molecule has 1 atom stereocenters. The van der Waals surface area contributed by atoms with E-state index in [1.165, 1.54) is 24.1 Å². The molecule has 0 spiro atoms. The van der Waals surface area contributed by atoms with Crippen molar-refractivity contribution in [2.24, 2.45) is 5.92 Å². The van der Waals surface area contributed by atoms with Crippen molar-refractivity contribution in [3.05, 3.63) is 65.4 Å². The second-order valence-corrected chi connectivity index (χ2v) is 6.99. The van der Waals surface area contributed by atoms with Crippen molar-refractivity contribution in [1.82, 2.24) is 15.1 Å². The van der Waals surface area contributed by atoms with E-state index in [9.17, 15) is 8.78 Å². The molecule has 2 aromatic carbocycles. The Labute approximate surface area is 145 Å². The summed E-state index contributed by atoms with van der Waals surface area (Å²) in [6, 6.07) is 10.6. The van der Waals surface area contributed by atoms with Crippen molar-refractivity contribution < 1.29 is 8.78 Å². The summed E-state index contributed by atoms with van der Waals surface area (Å²) in [6.07, 6.45) is 5.24. The molecule has 0 bridgehead atoms. The van der Waals surface area contributed by atoms with Gasteiger partial charge in [-0.2, -0.15) is 5.10 Å². The van der Waals surface area contributed by atoms with Crippen LogP contribution in [-0.2, 0) is 13.0 Å². The molecule has 0 aliphatic carbocycles. The summed E-state index contributed by atoms with van der Waals surface area (Å²) in [6.45, 7) is 2.67. The molecule has 4 rings (SSSR count). The van der Waals surface area contributed by atoms with E-state index in [1.54, 1.807) is 6.07 Å². The minimum absolute atomic E-state index is 0.586. The lowest BCUT2D eigenvalue weighted by Crippen LogP contribution is -2.35. The molecule has 1 aliphatic heterocycles. The summed E-state index contributed by atoms with van der Waals surface area (Å²) in [5.74, 6) is -0.960. The number of hydrogen-bond donors (Lipinski definition) is 1. The van der Waals surface area contributed by atoms with Gasteiger partial charge in [0.05, 0.1) is 11.7 Å². The molecule has 1 N–H and O–H groups in total. The number of halogens is 2. The standard InChI is InChI=1S/C20H21F2N3/c21-18-5-3-16(10-19(18)22)13-25-7-1-2-15(12-25)8-14-4-6-20-17(9-14)11-23-24-20/h3-6,9-11,15H,1-2,7-8,12-13H2,(H,23,24)/t15-/m0/s1. The summed E-state index contributed by atoms with van der Waals surface area (Å²) in [5, 5.41) is 8.19. The number of fused-ring (bicyclic) bond motifs is 1. The number of nitrogens with zero attached hydrogens (tertiary/aromatic N) is 2. The van der Waals surface area contributed by atoms with Crippen molar-refractivity contribution in [2.75, 3.05) is 13.1 Å². The Hall–Kier alpha value is -2.27. The van der Waals surface area contributed by atoms with Crippen LogP contribution in [0.3, 0.4) is 0 Å². The summed E-state index contributed by atoms with van der Waals surface area (Å²) < 4.78 is 26.5. The quantitative estimate of drug-likeness (QED) is 0.767. The fourth-order valence-electron chi connectivity index (χ4n) is 3.81. The van der Waals surface area contributed by atoms with Crippen molar-refractivity contribution in [2.45, 2.75) is 25.8 Å². The van der Waals surface area contributed by atoms with E-state index in [-0.39, 0.29) is 0 Å². The predicted molar refractivity (Wildman–Crippen MR) is 94.2 cm³/mol. The number of likely N-dealkylation sites (tertiary alicyclic amines) is 1. The highest BCUT2D eigenvalue weighted by Crippen LogP contribution is 2.24. The van der Waals surface area contributed by atoms with Gasteiger partial charge in [-0.05, 0) is 67.1 Å². The normalized spacial score (nSPS) is 18.7. The van der Waals surface area contributed by atoms with Gasteiger partial charge in [0.15, 0.2) is 11.6 Å². The van der Waals surface area contributed by atoms with Gasteiger partial charge in [-0.1, -0.05) is 12.1 Å². The second kappa shape index (κ2) is 6.92. The molecule has 0 amide bonds. The molecule has 0 unspecified atom stereocenters. The zero-order valence-electron chi connectivity index (χ0n) is 14.0. The molecule has 5 heteroatoms. The van der Waals surface area contributed by atoms with Crippen molar-refractivity contribution in [1.29, 1.82) is 0 Å². The van der Waals surface area contributed by atoms with E-state index >= 15 is 0 Å². The first-order chi connectivity index (χ1) is 12.2. The van der Waals surface area contributed by atoms with Crippen LogP contribution in [0.25, 0.3) is 10.9 Å². The monoisotopic (exact) mass is 341 g/mol. The molecular formula is C20H21F2N3. The van der Waals surface area contributed by atoms with Gasteiger partial charge in [-0.25, -0.2) is 8.78 Å². The molecule has 25 heavy (non-hydrogen) atoms. The highest BCUT2D eigenvalue weighted by atomic mass is 19.2. The van der Waals surface area contributed by atoms with Crippen LogP contribution in [0.4, 0.5) is 8.78 Å². The number of piperidine rings is 1. The summed E-state index contributed by atoms with van der Waals surface area (Å²) >= 11 is 0. The van der Waals surface area contributed by atoms with Gasteiger partial charge in [0.25, 0.3) is 0 Å². The van der Waals surface area contributed by atoms with E-state index in [0.29, 0.717) is 12.5 Å². The average Bonchev–Trinajstić information content (AvgIpc) is 3.06. The summed E-state index contributed by atoms with van der Waals surface area (Å²) in [4.78, 5) is 2.34. The third kappa shape index (κ3) is 3.71. The largest absolute Gasteiger partial charge is 0.299 e. The Bertz CT molecular complexity index is 874. The number of aromatic nitrogens is 2. The average molecular weight is 341 g/mol. The zero-order valence-corrected chi connectivity index (χ0v) is 14.0. The van der Waals surface area contributed by atoms with Crippen LogP contribution >= 0.6 is 0 Å². The Kier molecular flexibility index (Phi) is 4.49. The molecule has 3 aromatic rings. The number of aromatic amines is 1. The molecule has 0 radical (unpaired) electrons. The number of H-pyrrole nitrogens is 1. The Morgan fingerprint density at radius 2 is 1.96 bits per heavy atom. The van der Waals surface area contributed by atoms with Crippen molar-refractivity contribution in [3.63, 3.8) is 0 Å². The first-order valence-corrected chi connectivity index (χ1v) is 8.76. The van der Waals surface area contributed by atoms with Crippen LogP contribution in [0, 0.1) is 17.6 Å². The third-order valence-electron chi connectivity index (χ3n) is 5.02. The molecule has 3 nitrogen and oxygen atoms in total. The SMILES string of the molecule is Fc1ccc(CN2CCC[C@@H](Cc3ccc4[nH]ncc4c3)C2)cc1F. The molecule has 1 saturated heterocycles. The smallest absolute Gasteiger partial charge is 0.159 e. The van der Waals surface area contributed by atoms with Crippen LogP contribution < -0.4 is 0 Å². The maximum atomic E-state index is 13.4. The summed E-state index contributed by atoms with van der Waals surface area (Å²) in [7, 11) is 0. The number of benzene rings is 2. The lowest BCUT2D eigenvalue weighted by molar-refractivity contribution is 0.167. The van der Waals surface area contributed by atoms with Gasteiger partial charge in [-0.15, -0.1) is 0 Å². The summed E-state index contributed by atoms with van der Waals surface area (Å²) in [5.41, 5.74) is 3.22. The maximum Gasteiger partial charge on any atom is 0.159 e. The number of nitrogens with one attached hydrogen (secondary N) is 1. The molecule has 1 fully saturated rings. The zero-order chi connectivity index (χ0) is 17.2. The predicted octanol–water partition coefficient (Wildman–Crippen LogP) is 4.30. The topological polar surface area (TPSA) is 31.9 Å². The molecule has 0 saturated carbocycles. The highest BCUT2D eigenvalue weighted by Gasteiger charge is 2.20. The second-order valence-electron chi connectivity index (χ2n) is 6.99. The minimum atomic E-state index is -0.782. The Morgan fingerprint density at radius 1 is 1.08 bits per heavy atom. The van der Waals surface area contributed by atoms with Crippen LogP contribution in [-0.4, -0.2) is 28.2 Å². The lowest BCUT2D eigenvalue weighted by atomic mass is 9.90. The molecular weight excluding hydrogens is 320 g/mol. The Morgan fingerprint density at radius 3 is 2.84 bits per heavy atom. The lowest BCUT2D eigenvalue weighted by Gasteiger charge is -2.33. The first kappa shape index (κ1) is 16.2. The van der Waals surface area contributed by atoms with Gasteiger partial charge in [0.1, 0.15) is 0 Å². The number of hydrogen-bond acceptors (Lipinski definition) is 2. The molecule has 1 aliphatic rings. The van der Waals surface area contributed by atoms with Gasteiger partial charge in [0, 0.05) is 18.5 Å². The van der Waals surface area contributed by atoms with Crippen LogP contribution in [0.15, 0.2) is 42.6 Å². The van der Waals surface area contributed by atoms with E-state index in [1.807, 2.05) is 6.20 Å². The van der Waals surface area contributed by atoms with Crippen molar-refractivity contribution >= 4 is 10.9 Å². The number of rotatable bonds is 4. The highest BCUT2D eigenvalue weighted by molar-refractivity contribution is 5.78. The molecule has 130 valence electrons. The van der Waals surface area contributed by atoms with Gasteiger partial charge in [-0.3, -0.25) is 10.00 Å². The first-order valence-electron chi connectivity index (χ1n) is 8.76. The maximum absolute atomic E-state index is 13.4. The van der Waals surface area contributed by atoms with E-state index < -0.39 is 11.6 Å². The van der Waals surface area contributed by atoms with Crippen LogP contribution in [0.1, 0.15) is 24.0 Å². The third-order valence-corrected chi connectivity index (χ3v) is 5.02. The van der Waals surface area contributed by atoms with Gasteiger partial charge >= 0.3 is 0 Å². The minimum Gasteiger partial charge on any atom is -0.299 e. The fraction of sp³-hybridized carbons (Fsp3) is 0.350. The fourth-order valence-corrected chi connectivity index (χ4v) is 3.81. The molecule has 1 aromatic heterocycles. The van der Waals surface area contributed by atoms with Crippen molar-refractivity contribution in [3.8, 4) is 0 Å².